The van der Waals surface area contributed by atoms with Gasteiger partial charge in [-0.1, -0.05) is 25.8 Å². The van der Waals surface area contributed by atoms with E-state index in [0.29, 0.717) is 11.5 Å². The van der Waals surface area contributed by atoms with Gasteiger partial charge in [0.15, 0.2) is 0 Å². The van der Waals surface area contributed by atoms with E-state index < -0.39 is 16.0 Å². The number of benzene rings is 1. The van der Waals surface area contributed by atoms with Crippen LogP contribution in [-0.4, -0.2) is 25.5 Å². The quantitative estimate of drug-likeness (QED) is 0.895. The summed E-state index contributed by atoms with van der Waals surface area (Å²) in [5, 5.41) is 9.10. The molecule has 1 aromatic rings. The van der Waals surface area contributed by atoms with Crippen molar-refractivity contribution in [1.82, 2.24) is 4.72 Å². The summed E-state index contributed by atoms with van der Waals surface area (Å²) in [6, 6.07) is 4.15. The highest BCUT2D eigenvalue weighted by Crippen LogP contribution is 2.25. The lowest BCUT2D eigenvalue weighted by Crippen LogP contribution is -2.38. The predicted octanol–water partition coefficient (Wildman–Crippen LogP) is 2.55. The van der Waals surface area contributed by atoms with Gasteiger partial charge in [-0.2, -0.15) is 0 Å². The standard InChI is InChI=1S/C15H21NO4S/c1-10-4-3-5-12(8-10)16-21(19,20)13-7-6-11(2)14(9-13)15(17)18/h6-7,9-10,12,16H,3-5,8H2,1-2H3,(H,17,18). The zero-order valence-electron chi connectivity index (χ0n) is 12.3. The Morgan fingerprint density at radius 2 is 2.05 bits per heavy atom. The second kappa shape index (κ2) is 6.15. The van der Waals surface area contributed by atoms with Gasteiger partial charge in [0.05, 0.1) is 10.5 Å². The van der Waals surface area contributed by atoms with Gasteiger partial charge in [-0.3, -0.25) is 0 Å². The van der Waals surface area contributed by atoms with Crippen molar-refractivity contribution in [1.29, 1.82) is 0 Å². The topological polar surface area (TPSA) is 83.5 Å². The van der Waals surface area contributed by atoms with Crippen LogP contribution >= 0.6 is 0 Å². The lowest BCUT2D eigenvalue weighted by Gasteiger charge is -2.27. The predicted molar refractivity (Wildman–Crippen MR) is 79.9 cm³/mol. The van der Waals surface area contributed by atoms with Crippen molar-refractivity contribution in [3.8, 4) is 0 Å². The average Bonchev–Trinajstić information content (AvgIpc) is 2.38. The van der Waals surface area contributed by atoms with Gasteiger partial charge in [0.1, 0.15) is 0 Å². The fourth-order valence-electron chi connectivity index (χ4n) is 2.83. The summed E-state index contributed by atoms with van der Waals surface area (Å²) in [6.45, 7) is 3.77. The Bertz CT molecular complexity index is 639. The van der Waals surface area contributed by atoms with Gasteiger partial charge in [-0.25, -0.2) is 17.9 Å². The van der Waals surface area contributed by atoms with Crippen molar-refractivity contribution in [2.45, 2.75) is 50.5 Å². The van der Waals surface area contributed by atoms with E-state index in [1.807, 2.05) is 0 Å². The summed E-state index contributed by atoms with van der Waals surface area (Å²) in [5.41, 5.74) is 0.572. The van der Waals surface area contributed by atoms with E-state index >= 15 is 0 Å². The van der Waals surface area contributed by atoms with E-state index in [4.69, 9.17) is 5.11 Å². The zero-order valence-corrected chi connectivity index (χ0v) is 13.1. The Morgan fingerprint density at radius 3 is 2.67 bits per heavy atom. The minimum Gasteiger partial charge on any atom is -0.478 e. The molecular weight excluding hydrogens is 290 g/mol. The summed E-state index contributed by atoms with van der Waals surface area (Å²) >= 11 is 0. The molecule has 1 aliphatic carbocycles. The number of carbonyl (C=O) groups is 1. The molecular formula is C15H21NO4S. The smallest absolute Gasteiger partial charge is 0.335 e. The molecule has 0 aromatic heterocycles. The van der Waals surface area contributed by atoms with Crippen molar-refractivity contribution in [2.75, 3.05) is 0 Å². The largest absolute Gasteiger partial charge is 0.478 e. The second-order valence-corrected chi connectivity index (χ2v) is 7.59. The first-order chi connectivity index (χ1) is 9.79. The number of nitrogens with one attached hydrogen (secondary N) is 1. The van der Waals surface area contributed by atoms with Crippen LogP contribution in [0.15, 0.2) is 23.1 Å². The van der Waals surface area contributed by atoms with Crippen LogP contribution in [0.4, 0.5) is 0 Å². The van der Waals surface area contributed by atoms with Crippen molar-refractivity contribution in [3.63, 3.8) is 0 Å². The molecule has 1 fully saturated rings. The minimum absolute atomic E-state index is 0.0173. The molecule has 1 saturated carbocycles. The van der Waals surface area contributed by atoms with Crippen molar-refractivity contribution >= 4 is 16.0 Å². The summed E-state index contributed by atoms with van der Waals surface area (Å²) in [4.78, 5) is 11.1. The normalized spacial score (nSPS) is 23.0. The van der Waals surface area contributed by atoms with Gasteiger partial charge in [-0.05, 0) is 43.4 Å². The molecule has 0 bridgehead atoms. The third-order valence-electron chi connectivity index (χ3n) is 4.01. The van der Waals surface area contributed by atoms with Crippen LogP contribution in [0.3, 0.4) is 0 Å². The number of hydrogen-bond donors (Lipinski definition) is 2. The van der Waals surface area contributed by atoms with E-state index in [1.165, 1.54) is 18.2 Å². The molecule has 2 unspecified atom stereocenters. The van der Waals surface area contributed by atoms with E-state index in [1.54, 1.807) is 6.92 Å². The van der Waals surface area contributed by atoms with Gasteiger partial charge < -0.3 is 5.11 Å². The summed E-state index contributed by atoms with van der Waals surface area (Å²) < 4.78 is 27.5. The number of carboxylic acid groups (broad SMARTS) is 1. The van der Waals surface area contributed by atoms with Crippen LogP contribution in [-0.2, 0) is 10.0 Å². The van der Waals surface area contributed by atoms with Gasteiger partial charge in [0.2, 0.25) is 10.0 Å². The molecule has 1 aromatic carbocycles. The summed E-state index contributed by atoms with van der Waals surface area (Å²) in [5.74, 6) is -0.602. The Balaban J connectivity index is 2.23. The Morgan fingerprint density at radius 1 is 1.33 bits per heavy atom. The zero-order chi connectivity index (χ0) is 15.6. The molecule has 2 atom stereocenters. The first-order valence-corrected chi connectivity index (χ1v) is 8.64. The molecule has 6 heteroatoms. The number of aromatic carboxylic acids is 1. The maximum Gasteiger partial charge on any atom is 0.335 e. The van der Waals surface area contributed by atoms with Crippen LogP contribution < -0.4 is 4.72 Å². The van der Waals surface area contributed by atoms with Crippen LogP contribution in [0.2, 0.25) is 0 Å². The summed E-state index contributed by atoms with van der Waals surface area (Å²) in [7, 11) is -3.67. The van der Waals surface area contributed by atoms with E-state index in [-0.39, 0.29) is 16.5 Å². The molecule has 1 aliphatic rings. The van der Waals surface area contributed by atoms with Crippen molar-refractivity contribution in [3.05, 3.63) is 29.3 Å². The van der Waals surface area contributed by atoms with Crippen LogP contribution in [0.25, 0.3) is 0 Å². The molecule has 21 heavy (non-hydrogen) atoms. The lowest BCUT2D eigenvalue weighted by molar-refractivity contribution is 0.0696. The monoisotopic (exact) mass is 311 g/mol. The molecule has 5 nitrogen and oxygen atoms in total. The number of hydrogen-bond acceptors (Lipinski definition) is 3. The Labute approximate surface area is 125 Å². The highest BCUT2D eigenvalue weighted by Gasteiger charge is 2.25. The molecule has 0 spiro atoms. The molecule has 0 saturated heterocycles. The number of sulfonamides is 1. The fraction of sp³-hybridized carbons (Fsp3) is 0.533. The maximum atomic E-state index is 12.4. The highest BCUT2D eigenvalue weighted by atomic mass is 32.2. The van der Waals surface area contributed by atoms with E-state index in [9.17, 15) is 13.2 Å². The first-order valence-electron chi connectivity index (χ1n) is 7.16. The third-order valence-corrected chi connectivity index (χ3v) is 5.53. The summed E-state index contributed by atoms with van der Waals surface area (Å²) in [6.07, 6.45) is 3.81. The van der Waals surface area contributed by atoms with Gasteiger partial charge in [-0.15, -0.1) is 0 Å². The van der Waals surface area contributed by atoms with Gasteiger partial charge in [0, 0.05) is 6.04 Å². The molecule has 0 amide bonds. The third kappa shape index (κ3) is 3.83. The van der Waals surface area contributed by atoms with Crippen molar-refractivity contribution < 1.29 is 18.3 Å². The van der Waals surface area contributed by atoms with Gasteiger partial charge >= 0.3 is 5.97 Å². The molecule has 116 valence electrons. The maximum absolute atomic E-state index is 12.4. The van der Waals surface area contributed by atoms with Crippen molar-refractivity contribution in [2.24, 2.45) is 5.92 Å². The molecule has 2 rings (SSSR count). The molecule has 0 aliphatic heterocycles. The number of aryl methyl sites for hydroxylation is 1. The van der Waals surface area contributed by atoms with Crippen LogP contribution in [0.5, 0.6) is 0 Å². The first kappa shape index (κ1) is 16.0. The fourth-order valence-corrected chi connectivity index (χ4v) is 4.14. The minimum atomic E-state index is -3.67. The highest BCUT2D eigenvalue weighted by molar-refractivity contribution is 7.89. The van der Waals surface area contributed by atoms with Gasteiger partial charge in [0.25, 0.3) is 0 Å². The van der Waals surface area contributed by atoms with E-state index in [2.05, 4.69) is 11.6 Å². The van der Waals surface area contributed by atoms with E-state index in [0.717, 1.165) is 25.7 Å². The SMILES string of the molecule is Cc1ccc(S(=O)(=O)NC2CCCC(C)C2)cc1C(=O)O. The number of rotatable bonds is 4. The number of carboxylic acids is 1. The molecule has 2 N–H and O–H groups in total. The lowest BCUT2D eigenvalue weighted by atomic mass is 9.88. The Kier molecular flexibility index (Phi) is 4.68. The average molecular weight is 311 g/mol. The molecule has 0 radical (unpaired) electrons. The molecule has 0 heterocycles. The Hall–Kier alpha value is -1.40. The second-order valence-electron chi connectivity index (χ2n) is 5.87. The van der Waals surface area contributed by atoms with Crippen LogP contribution in [0.1, 0.15) is 48.5 Å². The van der Waals surface area contributed by atoms with Crippen LogP contribution in [0, 0.1) is 12.8 Å².